The quantitative estimate of drug-likeness (QED) is 0.917. The molecule has 0 spiro atoms. The lowest BCUT2D eigenvalue weighted by atomic mass is 10.1. The van der Waals surface area contributed by atoms with Crippen molar-refractivity contribution in [1.29, 1.82) is 0 Å². The Morgan fingerprint density at radius 1 is 1.27 bits per heavy atom. The second-order valence-corrected chi connectivity index (χ2v) is 7.16. The van der Waals surface area contributed by atoms with E-state index in [9.17, 15) is 13.2 Å². The summed E-state index contributed by atoms with van der Waals surface area (Å²) in [5.74, 6) is -0.860. The topological polar surface area (TPSA) is 89.0 Å². The molecule has 1 N–H and O–H groups in total. The Morgan fingerprint density at radius 3 is 2.77 bits per heavy atom. The lowest BCUT2D eigenvalue weighted by Crippen LogP contribution is -2.32. The molecule has 0 saturated heterocycles. The van der Waals surface area contributed by atoms with Gasteiger partial charge in [0.2, 0.25) is 5.91 Å². The predicted molar refractivity (Wildman–Crippen MR) is 79.7 cm³/mol. The molecular weight excluding hydrogens is 326 g/mol. The first-order chi connectivity index (χ1) is 10.5. The molecule has 3 rings (SSSR count). The van der Waals surface area contributed by atoms with E-state index in [0.717, 1.165) is 11.8 Å². The molecule has 1 aliphatic carbocycles. The molecule has 0 bridgehead atoms. The number of nitrogens with one attached hydrogen (secondary N) is 1. The SMILES string of the molecule is O=C(NS(=O)(=O)c1cncc(Cl)c1)[C@@H]1C[C@H]1c1cccnc1. The van der Waals surface area contributed by atoms with Gasteiger partial charge in [-0.3, -0.25) is 14.8 Å². The van der Waals surface area contributed by atoms with E-state index in [1.54, 1.807) is 18.5 Å². The van der Waals surface area contributed by atoms with Gasteiger partial charge in [-0.15, -0.1) is 0 Å². The molecule has 2 atom stereocenters. The van der Waals surface area contributed by atoms with Gasteiger partial charge in [-0.05, 0) is 30.0 Å². The number of halogens is 1. The van der Waals surface area contributed by atoms with Crippen molar-refractivity contribution in [3.05, 3.63) is 53.6 Å². The van der Waals surface area contributed by atoms with Crippen LogP contribution in [0.15, 0.2) is 47.9 Å². The Kier molecular flexibility index (Phi) is 3.84. The second-order valence-electron chi connectivity index (χ2n) is 5.04. The highest BCUT2D eigenvalue weighted by Crippen LogP contribution is 2.47. The number of hydrogen-bond acceptors (Lipinski definition) is 5. The van der Waals surface area contributed by atoms with Gasteiger partial charge in [0.1, 0.15) is 4.90 Å². The monoisotopic (exact) mass is 337 g/mol. The Morgan fingerprint density at radius 2 is 2.09 bits per heavy atom. The van der Waals surface area contributed by atoms with Crippen LogP contribution in [0.25, 0.3) is 0 Å². The third-order valence-electron chi connectivity index (χ3n) is 3.46. The van der Waals surface area contributed by atoms with E-state index in [1.165, 1.54) is 12.3 Å². The fourth-order valence-corrected chi connectivity index (χ4v) is 3.51. The number of aromatic nitrogens is 2. The van der Waals surface area contributed by atoms with Crippen LogP contribution in [0.5, 0.6) is 0 Å². The summed E-state index contributed by atoms with van der Waals surface area (Å²) in [6, 6.07) is 4.91. The number of sulfonamides is 1. The molecule has 0 unspecified atom stereocenters. The summed E-state index contributed by atoms with van der Waals surface area (Å²) in [6.45, 7) is 0. The van der Waals surface area contributed by atoms with Crippen molar-refractivity contribution in [1.82, 2.24) is 14.7 Å². The van der Waals surface area contributed by atoms with Crippen LogP contribution in [-0.4, -0.2) is 24.3 Å². The van der Waals surface area contributed by atoms with Crippen LogP contribution in [0, 0.1) is 5.92 Å². The Bertz CT molecular complexity index is 811. The maximum atomic E-state index is 12.1. The molecule has 114 valence electrons. The molecule has 2 heterocycles. The molecule has 0 aliphatic heterocycles. The number of carbonyl (C=O) groups excluding carboxylic acids is 1. The first-order valence-corrected chi connectivity index (χ1v) is 8.40. The van der Waals surface area contributed by atoms with Crippen molar-refractivity contribution < 1.29 is 13.2 Å². The molecule has 0 radical (unpaired) electrons. The molecule has 1 amide bonds. The van der Waals surface area contributed by atoms with Crippen molar-refractivity contribution >= 4 is 27.5 Å². The van der Waals surface area contributed by atoms with Crippen LogP contribution >= 0.6 is 11.6 Å². The third kappa shape index (κ3) is 3.10. The predicted octanol–water partition coefficient (Wildman–Crippen LogP) is 1.74. The lowest BCUT2D eigenvalue weighted by Gasteiger charge is -2.06. The highest BCUT2D eigenvalue weighted by molar-refractivity contribution is 7.90. The minimum absolute atomic E-state index is 0.0152. The van der Waals surface area contributed by atoms with Crippen molar-refractivity contribution in [2.75, 3.05) is 0 Å². The lowest BCUT2D eigenvalue weighted by molar-refractivity contribution is -0.120. The van der Waals surface area contributed by atoms with Crippen LogP contribution in [0.1, 0.15) is 17.9 Å². The summed E-state index contributed by atoms with van der Waals surface area (Å²) in [4.78, 5) is 19.7. The smallest absolute Gasteiger partial charge is 0.265 e. The van der Waals surface area contributed by atoms with E-state index in [1.807, 2.05) is 6.07 Å². The Balaban J connectivity index is 1.70. The number of carbonyl (C=O) groups is 1. The van der Waals surface area contributed by atoms with Crippen molar-refractivity contribution in [2.45, 2.75) is 17.2 Å². The van der Waals surface area contributed by atoms with Gasteiger partial charge in [0.15, 0.2) is 0 Å². The molecule has 22 heavy (non-hydrogen) atoms. The largest absolute Gasteiger partial charge is 0.274 e. The minimum Gasteiger partial charge on any atom is -0.274 e. The molecule has 1 fully saturated rings. The molecule has 1 saturated carbocycles. The molecule has 1 aliphatic rings. The van der Waals surface area contributed by atoms with E-state index in [2.05, 4.69) is 14.7 Å². The number of nitrogens with zero attached hydrogens (tertiary/aromatic N) is 2. The summed E-state index contributed by atoms with van der Waals surface area (Å²) >= 11 is 5.72. The maximum absolute atomic E-state index is 12.1. The standard InChI is InChI=1S/C14H12ClN3O3S/c15-10-4-11(8-17-7-10)22(20,21)18-14(19)13-5-12(13)9-2-1-3-16-6-9/h1-4,6-8,12-13H,5H2,(H,18,19)/t12-,13+/m0/s1. The minimum atomic E-state index is -3.95. The van der Waals surface area contributed by atoms with Gasteiger partial charge in [0.05, 0.1) is 5.02 Å². The third-order valence-corrected chi connectivity index (χ3v) is 4.99. The number of pyridine rings is 2. The van der Waals surface area contributed by atoms with Crippen LogP contribution < -0.4 is 4.72 Å². The van der Waals surface area contributed by atoms with E-state index < -0.39 is 15.9 Å². The first-order valence-electron chi connectivity index (χ1n) is 6.54. The zero-order valence-electron chi connectivity index (χ0n) is 11.3. The van der Waals surface area contributed by atoms with Gasteiger partial charge in [-0.25, -0.2) is 13.1 Å². The maximum Gasteiger partial charge on any atom is 0.265 e. The number of hydrogen-bond donors (Lipinski definition) is 1. The second kappa shape index (κ2) is 5.66. The van der Waals surface area contributed by atoms with Gasteiger partial charge < -0.3 is 0 Å². The molecule has 8 heteroatoms. The van der Waals surface area contributed by atoms with Crippen LogP contribution in [0.3, 0.4) is 0 Å². The average molecular weight is 338 g/mol. The van der Waals surface area contributed by atoms with Gasteiger partial charge in [0.25, 0.3) is 10.0 Å². The summed E-state index contributed by atoms with van der Waals surface area (Å²) < 4.78 is 26.3. The normalized spacial score (nSPS) is 20.4. The molecule has 2 aromatic heterocycles. The number of rotatable bonds is 4. The molecule has 0 aromatic carbocycles. The number of amides is 1. The average Bonchev–Trinajstić information content (AvgIpc) is 3.28. The van der Waals surface area contributed by atoms with Crippen molar-refractivity contribution in [2.24, 2.45) is 5.92 Å². The van der Waals surface area contributed by atoms with E-state index >= 15 is 0 Å². The van der Waals surface area contributed by atoms with E-state index in [4.69, 9.17) is 11.6 Å². The van der Waals surface area contributed by atoms with Gasteiger partial charge in [-0.1, -0.05) is 17.7 Å². The summed E-state index contributed by atoms with van der Waals surface area (Å²) in [7, 11) is -3.95. The van der Waals surface area contributed by atoms with Gasteiger partial charge in [-0.2, -0.15) is 0 Å². The van der Waals surface area contributed by atoms with Crippen molar-refractivity contribution in [3.8, 4) is 0 Å². The highest BCUT2D eigenvalue weighted by Gasteiger charge is 2.45. The fourth-order valence-electron chi connectivity index (χ4n) is 2.25. The summed E-state index contributed by atoms with van der Waals surface area (Å²) in [5.41, 5.74) is 0.935. The van der Waals surface area contributed by atoms with Crippen molar-refractivity contribution in [3.63, 3.8) is 0 Å². The summed E-state index contributed by atoms with van der Waals surface area (Å²) in [5, 5.41) is 0.190. The zero-order valence-corrected chi connectivity index (χ0v) is 12.9. The molecule has 6 nitrogen and oxygen atoms in total. The van der Waals surface area contributed by atoms with E-state index in [0.29, 0.717) is 6.42 Å². The highest BCUT2D eigenvalue weighted by atomic mass is 35.5. The summed E-state index contributed by atoms with van der Waals surface area (Å²) in [6.07, 6.45) is 6.42. The van der Waals surface area contributed by atoms with E-state index in [-0.39, 0.29) is 21.8 Å². The zero-order chi connectivity index (χ0) is 15.7. The van der Waals surface area contributed by atoms with Crippen LogP contribution in [0.2, 0.25) is 5.02 Å². The van der Waals surface area contributed by atoms with Crippen LogP contribution in [0.4, 0.5) is 0 Å². The van der Waals surface area contributed by atoms with Gasteiger partial charge in [0, 0.05) is 30.7 Å². The first kappa shape index (κ1) is 14.9. The molecular formula is C14H12ClN3O3S. The molecule has 2 aromatic rings. The fraction of sp³-hybridized carbons (Fsp3) is 0.214. The van der Waals surface area contributed by atoms with Gasteiger partial charge >= 0.3 is 0 Å². The van der Waals surface area contributed by atoms with Crippen LogP contribution in [-0.2, 0) is 14.8 Å². The Labute approximate surface area is 132 Å². The Hall–Kier alpha value is -1.99.